The molecule has 126 valence electrons. The van der Waals surface area contributed by atoms with E-state index in [4.69, 9.17) is 4.74 Å². The molecule has 1 amide bonds. The van der Waals surface area contributed by atoms with Crippen molar-refractivity contribution in [2.24, 2.45) is 28.2 Å². The number of rotatable bonds is 5. The summed E-state index contributed by atoms with van der Waals surface area (Å²) in [5.41, 5.74) is 0.282. The van der Waals surface area contributed by atoms with Crippen LogP contribution in [-0.4, -0.2) is 24.2 Å². The minimum atomic E-state index is 0.0839. The average Bonchev–Trinajstić information content (AvgIpc) is 2.89. The Hall–Kier alpha value is -0.940. The van der Waals surface area contributed by atoms with E-state index in [1.165, 1.54) is 38.5 Å². The number of carbonyl (C=O) groups excluding carboxylic acids is 1. The molecule has 0 aliphatic heterocycles. The number of ether oxygens (including phenoxy) is 1. The number of aromatic nitrogens is 1. The Bertz CT molecular complexity index is 610. The predicted octanol–water partition coefficient (Wildman–Crippen LogP) is 3.23. The van der Waals surface area contributed by atoms with Gasteiger partial charge in [0.25, 0.3) is 0 Å². The molecule has 5 heteroatoms. The van der Waals surface area contributed by atoms with Crippen LogP contribution in [0.5, 0.6) is 0 Å². The third kappa shape index (κ3) is 3.18. The zero-order chi connectivity index (χ0) is 15.9. The van der Waals surface area contributed by atoms with Crippen molar-refractivity contribution in [1.29, 1.82) is 0 Å². The van der Waals surface area contributed by atoms with Gasteiger partial charge in [0.05, 0.1) is 6.61 Å². The molecule has 4 nitrogen and oxygen atoms in total. The van der Waals surface area contributed by atoms with Crippen LogP contribution >= 0.6 is 11.3 Å². The van der Waals surface area contributed by atoms with Crippen LogP contribution in [0.4, 0.5) is 0 Å². The minimum absolute atomic E-state index is 0.0839. The van der Waals surface area contributed by atoms with Gasteiger partial charge in [-0.3, -0.25) is 4.79 Å². The summed E-state index contributed by atoms with van der Waals surface area (Å²) in [4.78, 5) is 17.9. The van der Waals surface area contributed by atoms with Crippen LogP contribution in [0.3, 0.4) is 0 Å². The van der Waals surface area contributed by atoms with Gasteiger partial charge in [-0.05, 0) is 61.7 Å². The number of carbonyl (C=O) groups is 1. The molecule has 0 spiro atoms. The second-order valence-electron chi connectivity index (χ2n) is 7.97. The molecule has 0 unspecified atom stereocenters. The van der Waals surface area contributed by atoms with E-state index in [9.17, 15) is 4.79 Å². The molecule has 4 aliphatic carbocycles. The molecule has 4 bridgehead atoms. The molecule has 1 aromatic heterocycles. The molecule has 0 radical (unpaired) electrons. The van der Waals surface area contributed by atoms with Crippen molar-refractivity contribution < 1.29 is 9.53 Å². The van der Waals surface area contributed by atoms with Gasteiger partial charge >= 0.3 is 0 Å². The summed E-state index contributed by atoms with van der Waals surface area (Å²) in [6.45, 7) is 1.40. The van der Waals surface area contributed by atoms with Crippen molar-refractivity contribution in [3.05, 3.63) is 16.4 Å². The van der Waals surface area contributed by atoms with Crippen LogP contribution in [0.15, 0.2) is 16.6 Å². The Balaban J connectivity index is 1.48. The zero-order valence-electron chi connectivity index (χ0n) is 13.9. The molecule has 4 fully saturated rings. The van der Waals surface area contributed by atoms with E-state index >= 15 is 0 Å². The van der Waals surface area contributed by atoms with Crippen LogP contribution in [0, 0.1) is 23.2 Å². The van der Waals surface area contributed by atoms with Crippen LogP contribution in [0.1, 0.15) is 44.9 Å². The Morgan fingerprint density at radius 2 is 1.96 bits per heavy atom. The first-order valence-corrected chi connectivity index (χ1v) is 9.74. The Labute approximate surface area is 141 Å². The number of nitrogens with zero attached hydrogens (tertiary/aromatic N) is 2. The van der Waals surface area contributed by atoms with Crippen molar-refractivity contribution >= 4 is 17.2 Å². The summed E-state index contributed by atoms with van der Waals surface area (Å²) in [6.07, 6.45) is 10.7. The highest BCUT2D eigenvalue weighted by molar-refractivity contribution is 7.07. The van der Waals surface area contributed by atoms with Crippen LogP contribution in [-0.2, 0) is 16.1 Å². The molecule has 4 aliphatic rings. The fourth-order valence-electron chi connectivity index (χ4n) is 5.72. The molecule has 0 atom stereocenters. The number of thiazole rings is 1. The van der Waals surface area contributed by atoms with E-state index in [-0.39, 0.29) is 11.3 Å². The first-order valence-electron chi connectivity index (χ1n) is 8.86. The van der Waals surface area contributed by atoms with Crippen molar-refractivity contribution in [3.63, 3.8) is 0 Å². The summed E-state index contributed by atoms with van der Waals surface area (Å²) in [6, 6.07) is 0. The van der Waals surface area contributed by atoms with Crippen LogP contribution in [0.25, 0.3) is 0 Å². The van der Waals surface area contributed by atoms with Gasteiger partial charge in [0.2, 0.25) is 5.91 Å². The first-order chi connectivity index (χ1) is 11.2. The van der Waals surface area contributed by atoms with Crippen LogP contribution < -0.4 is 4.80 Å². The summed E-state index contributed by atoms with van der Waals surface area (Å²) in [7, 11) is 1.70. The monoisotopic (exact) mass is 334 g/mol. The third-order valence-electron chi connectivity index (χ3n) is 6.11. The SMILES string of the molecule is COCCn1ccs/c1=N/C(=O)CC12CC3CC(CC(C3)C1)C2. The standard InChI is InChI=1S/C18H26N2O2S/c1-22-4-2-20-3-5-23-17(20)19-16(21)12-18-9-13-6-14(10-18)8-15(7-13)11-18/h3,5,13-15H,2,4,6-12H2,1H3/b19-17+. The predicted molar refractivity (Wildman–Crippen MR) is 90.0 cm³/mol. The molecular weight excluding hydrogens is 308 g/mol. The second-order valence-corrected chi connectivity index (χ2v) is 8.84. The molecule has 5 rings (SSSR count). The van der Waals surface area contributed by atoms with E-state index in [2.05, 4.69) is 4.99 Å². The van der Waals surface area contributed by atoms with E-state index in [1.54, 1.807) is 18.4 Å². The lowest BCUT2D eigenvalue weighted by molar-refractivity contribution is -0.126. The molecule has 0 aromatic carbocycles. The van der Waals surface area contributed by atoms with Gasteiger partial charge in [-0.15, -0.1) is 11.3 Å². The lowest BCUT2D eigenvalue weighted by Crippen LogP contribution is -2.46. The number of methoxy groups -OCH3 is 1. The van der Waals surface area contributed by atoms with Crippen molar-refractivity contribution in [2.75, 3.05) is 13.7 Å². The minimum Gasteiger partial charge on any atom is -0.383 e. The van der Waals surface area contributed by atoms with Crippen molar-refractivity contribution in [2.45, 2.75) is 51.5 Å². The largest absolute Gasteiger partial charge is 0.383 e. The number of hydrogen-bond acceptors (Lipinski definition) is 3. The molecule has 1 heterocycles. The number of amides is 1. The smallest absolute Gasteiger partial charge is 0.248 e. The molecule has 23 heavy (non-hydrogen) atoms. The fourth-order valence-corrected chi connectivity index (χ4v) is 6.49. The normalized spacial score (nSPS) is 35.9. The van der Waals surface area contributed by atoms with Gasteiger partial charge in [0, 0.05) is 31.7 Å². The van der Waals surface area contributed by atoms with E-state index in [0.29, 0.717) is 13.0 Å². The maximum atomic E-state index is 12.6. The van der Waals surface area contributed by atoms with Gasteiger partial charge in [0.15, 0.2) is 4.80 Å². The lowest BCUT2D eigenvalue weighted by atomic mass is 9.49. The highest BCUT2D eigenvalue weighted by atomic mass is 32.1. The van der Waals surface area contributed by atoms with Gasteiger partial charge in [-0.25, -0.2) is 0 Å². The topological polar surface area (TPSA) is 43.6 Å². The van der Waals surface area contributed by atoms with Crippen molar-refractivity contribution in [1.82, 2.24) is 4.57 Å². The lowest BCUT2D eigenvalue weighted by Gasteiger charge is -2.56. The second kappa shape index (κ2) is 6.17. The summed E-state index contributed by atoms with van der Waals surface area (Å²) < 4.78 is 7.14. The Morgan fingerprint density at radius 3 is 2.57 bits per heavy atom. The maximum Gasteiger partial charge on any atom is 0.248 e. The van der Waals surface area contributed by atoms with Gasteiger partial charge in [0.1, 0.15) is 0 Å². The maximum absolute atomic E-state index is 12.6. The van der Waals surface area contributed by atoms with Gasteiger partial charge in [-0.2, -0.15) is 4.99 Å². The number of hydrogen-bond donors (Lipinski definition) is 0. The van der Waals surface area contributed by atoms with E-state index < -0.39 is 0 Å². The van der Waals surface area contributed by atoms with Gasteiger partial charge < -0.3 is 9.30 Å². The van der Waals surface area contributed by atoms with E-state index in [0.717, 1.165) is 29.1 Å². The first kappa shape index (κ1) is 15.6. The molecule has 1 aromatic rings. The molecule has 0 saturated heterocycles. The zero-order valence-corrected chi connectivity index (χ0v) is 14.7. The quantitative estimate of drug-likeness (QED) is 0.830. The molecular formula is C18H26N2O2S. The fraction of sp³-hybridized carbons (Fsp3) is 0.778. The van der Waals surface area contributed by atoms with Crippen molar-refractivity contribution in [3.8, 4) is 0 Å². The summed E-state index contributed by atoms with van der Waals surface area (Å²) in [5.74, 6) is 2.76. The molecule has 0 N–H and O–H groups in total. The van der Waals surface area contributed by atoms with Gasteiger partial charge in [-0.1, -0.05) is 0 Å². The summed E-state index contributed by atoms with van der Waals surface area (Å²) >= 11 is 1.54. The molecule has 4 saturated carbocycles. The van der Waals surface area contributed by atoms with E-state index in [1.807, 2.05) is 16.1 Å². The Kier molecular flexibility index (Phi) is 4.18. The average molecular weight is 334 g/mol. The third-order valence-corrected chi connectivity index (χ3v) is 6.90. The Morgan fingerprint density at radius 1 is 1.30 bits per heavy atom. The van der Waals surface area contributed by atoms with Crippen LogP contribution in [0.2, 0.25) is 0 Å². The summed E-state index contributed by atoms with van der Waals surface area (Å²) in [5, 5.41) is 1.99. The highest BCUT2D eigenvalue weighted by Crippen LogP contribution is 2.61. The highest BCUT2D eigenvalue weighted by Gasteiger charge is 2.51.